The van der Waals surface area contributed by atoms with Gasteiger partial charge in [0.2, 0.25) is 0 Å². The molecule has 2 heterocycles. The van der Waals surface area contributed by atoms with Gasteiger partial charge in [-0.2, -0.15) is 0 Å². The third-order valence-corrected chi connectivity index (χ3v) is 4.92. The molecule has 1 fully saturated rings. The summed E-state index contributed by atoms with van der Waals surface area (Å²) in [5.74, 6) is 0.688. The smallest absolute Gasteiger partial charge is 0.142 e. The molecule has 112 valence electrons. The SMILES string of the molecule is CCc1cccnc1-c1nc(C2CC2)c(CNC(C)C)s1. The molecule has 2 aromatic heterocycles. The Hall–Kier alpha value is -1.26. The lowest BCUT2D eigenvalue weighted by atomic mass is 10.1. The Morgan fingerprint density at radius 1 is 1.38 bits per heavy atom. The van der Waals surface area contributed by atoms with E-state index in [4.69, 9.17) is 4.98 Å². The Labute approximate surface area is 130 Å². The van der Waals surface area contributed by atoms with Gasteiger partial charge in [-0.3, -0.25) is 4.98 Å². The second-order valence-corrected chi connectivity index (χ2v) is 7.09. The Kier molecular flexibility index (Phi) is 4.36. The molecule has 0 aliphatic heterocycles. The van der Waals surface area contributed by atoms with Gasteiger partial charge < -0.3 is 5.32 Å². The van der Waals surface area contributed by atoms with E-state index in [0.29, 0.717) is 12.0 Å². The van der Waals surface area contributed by atoms with Gasteiger partial charge in [-0.15, -0.1) is 11.3 Å². The summed E-state index contributed by atoms with van der Waals surface area (Å²) in [6.07, 6.45) is 5.46. The van der Waals surface area contributed by atoms with Crippen molar-refractivity contribution in [3.8, 4) is 10.7 Å². The number of nitrogens with zero attached hydrogens (tertiary/aromatic N) is 2. The molecule has 3 rings (SSSR count). The molecule has 0 radical (unpaired) electrons. The quantitative estimate of drug-likeness (QED) is 0.871. The Bertz CT molecular complexity index is 614. The molecule has 0 spiro atoms. The van der Waals surface area contributed by atoms with E-state index in [1.807, 2.05) is 23.6 Å². The highest BCUT2D eigenvalue weighted by molar-refractivity contribution is 7.15. The number of hydrogen-bond donors (Lipinski definition) is 1. The zero-order valence-electron chi connectivity index (χ0n) is 13.0. The molecule has 0 unspecified atom stereocenters. The van der Waals surface area contributed by atoms with Gasteiger partial charge in [-0.05, 0) is 30.9 Å². The molecule has 0 bridgehead atoms. The van der Waals surface area contributed by atoms with Crippen LogP contribution in [0.25, 0.3) is 10.7 Å². The van der Waals surface area contributed by atoms with Crippen molar-refractivity contribution in [1.82, 2.24) is 15.3 Å². The molecule has 21 heavy (non-hydrogen) atoms. The average molecular weight is 301 g/mol. The van der Waals surface area contributed by atoms with Crippen molar-refractivity contribution in [2.24, 2.45) is 0 Å². The van der Waals surface area contributed by atoms with Gasteiger partial charge in [-0.1, -0.05) is 26.8 Å². The van der Waals surface area contributed by atoms with Crippen molar-refractivity contribution < 1.29 is 0 Å². The van der Waals surface area contributed by atoms with Gasteiger partial charge in [0, 0.05) is 29.6 Å². The van der Waals surface area contributed by atoms with E-state index in [0.717, 1.165) is 23.7 Å². The van der Waals surface area contributed by atoms with Crippen LogP contribution in [0.1, 0.15) is 55.7 Å². The minimum atomic E-state index is 0.503. The Morgan fingerprint density at radius 2 is 2.19 bits per heavy atom. The van der Waals surface area contributed by atoms with E-state index in [1.165, 1.54) is 29.0 Å². The van der Waals surface area contributed by atoms with Gasteiger partial charge in [0.05, 0.1) is 5.69 Å². The van der Waals surface area contributed by atoms with E-state index >= 15 is 0 Å². The third-order valence-electron chi connectivity index (χ3n) is 3.84. The fraction of sp³-hybridized carbons (Fsp3) is 0.529. The van der Waals surface area contributed by atoms with Crippen molar-refractivity contribution in [3.05, 3.63) is 34.5 Å². The van der Waals surface area contributed by atoms with Gasteiger partial charge in [0.25, 0.3) is 0 Å². The number of hydrogen-bond acceptors (Lipinski definition) is 4. The van der Waals surface area contributed by atoms with Crippen molar-refractivity contribution in [2.75, 3.05) is 0 Å². The first-order valence-electron chi connectivity index (χ1n) is 7.86. The largest absolute Gasteiger partial charge is 0.310 e. The number of aromatic nitrogens is 2. The first-order chi connectivity index (χ1) is 10.2. The molecule has 1 saturated carbocycles. The van der Waals surface area contributed by atoms with E-state index in [9.17, 15) is 0 Å². The first kappa shape index (κ1) is 14.7. The third kappa shape index (κ3) is 3.33. The van der Waals surface area contributed by atoms with Crippen molar-refractivity contribution in [2.45, 2.75) is 58.5 Å². The lowest BCUT2D eigenvalue weighted by Gasteiger charge is -2.07. The lowest BCUT2D eigenvalue weighted by Crippen LogP contribution is -2.21. The standard InChI is InChI=1S/C17H23N3S/c1-4-12-6-5-9-18-16(12)17-20-15(13-7-8-13)14(21-17)10-19-11(2)3/h5-6,9,11,13,19H,4,7-8,10H2,1-3H3. The zero-order valence-corrected chi connectivity index (χ0v) is 13.8. The normalized spacial score (nSPS) is 14.9. The second kappa shape index (κ2) is 6.24. The minimum Gasteiger partial charge on any atom is -0.310 e. The van der Waals surface area contributed by atoms with Crippen LogP contribution in [0.3, 0.4) is 0 Å². The summed E-state index contributed by atoms with van der Waals surface area (Å²) in [5.41, 5.74) is 3.68. The molecule has 3 nitrogen and oxygen atoms in total. The Balaban J connectivity index is 1.94. The van der Waals surface area contributed by atoms with Crippen LogP contribution in [-0.4, -0.2) is 16.0 Å². The van der Waals surface area contributed by atoms with Gasteiger partial charge in [-0.25, -0.2) is 4.98 Å². The van der Waals surface area contributed by atoms with Crippen LogP contribution in [0, 0.1) is 0 Å². The monoisotopic (exact) mass is 301 g/mol. The van der Waals surface area contributed by atoms with Crippen LogP contribution < -0.4 is 5.32 Å². The van der Waals surface area contributed by atoms with E-state index in [2.05, 4.69) is 37.1 Å². The predicted molar refractivity (Wildman–Crippen MR) is 88.7 cm³/mol. The summed E-state index contributed by atoms with van der Waals surface area (Å²) in [6, 6.07) is 4.68. The zero-order chi connectivity index (χ0) is 14.8. The van der Waals surface area contributed by atoms with Crippen molar-refractivity contribution in [3.63, 3.8) is 0 Å². The topological polar surface area (TPSA) is 37.8 Å². The van der Waals surface area contributed by atoms with Gasteiger partial charge in [0.15, 0.2) is 0 Å². The highest BCUT2D eigenvalue weighted by Gasteiger charge is 2.30. The number of rotatable bonds is 6. The maximum Gasteiger partial charge on any atom is 0.142 e. The van der Waals surface area contributed by atoms with Crippen LogP contribution in [0.15, 0.2) is 18.3 Å². The fourth-order valence-corrected chi connectivity index (χ4v) is 3.61. The molecule has 0 saturated heterocycles. The molecule has 1 aliphatic carbocycles. The number of aryl methyl sites for hydroxylation is 1. The van der Waals surface area contributed by atoms with Gasteiger partial charge in [0.1, 0.15) is 10.7 Å². The first-order valence-corrected chi connectivity index (χ1v) is 8.68. The summed E-state index contributed by atoms with van der Waals surface area (Å²) in [7, 11) is 0. The molecule has 1 aliphatic rings. The van der Waals surface area contributed by atoms with E-state index < -0.39 is 0 Å². The van der Waals surface area contributed by atoms with Crippen LogP contribution in [0.2, 0.25) is 0 Å². The van der Waals surface area contributed by atoms with Crippen LogP contribution >= 0.6 is 11.3 Å². The van der Waals surface area contributed by atoms with Crippen LogP contribution in [-0.2, 0) is 13.0 Å². The maximum atomic E-state index is 4.95. The maximum absolute atomic E-state index is 4.95. The van der Waals surface area contributed by atoms with Crippen molar-refractivity contribution >= 4 is 11.3 Å². The fourth-order valence-electron chi connectivity index (χ4n) is 2.48. The van der Waals surface area contributed by atoms with E-state index in [-0.39, 0.29) is 0 Å². The highest BCUT2D eigenvalue weighted by atomic mass is 32.1. The lowest BCUT2D eigenvalue weighted by molar-refractivity contribution is 0.590. The summed E-state index contributed by atoms with van der Waals surface area (Å²) < 4.78 is 0. The molecule has 0 atom stereocenters. The number of pyridine rings is 1. The molecular weight excluding hydrogens is 278 g/mol. The second-order valence-electron chi connectivity index (χ2n) is 6.00. The predicted octanol–water partition coefficient (Wildman–Crippen LogP) is 4.14. The summed E-state index contributed by atoms with van der Waals surface area (Å²) in [5, 5.41) is 4.62. The average Bonchev–Trinajstić information content (AvgIpc) is 3.25. The number of thiazole rings is 1. The minimum absolute atomic E-state index is 0.503. The number of nitrogens with one attached hydrogen (secondary N) is 1. The molecular formula is C17H23N3S. The molecule has 0 amide bonds. The molecule has 2 aromatic rings. The van der Waals surface area contributed by atoms with Gasteiger partial charge >= 0.3 is 0 Å². The van der Waals surface area contributed by atoms with E-state index in [1.54, 1.807) is 0 Å². The highest BCUT2D eigenvalue weighted by Crippen LogP contribution is 2.44. The van der Waals surface area contributed by atoms with Crippen LogP contribution in [0.5, 0.6) is 0 Å². The summed E-state index contributed by atoms with van der Waals surface area (Å²) in [6.45, 7) is 7.48. The van der Waals surface area contributed by atoms with Crippen LogP contribution in [0.4, 0.5) is 0 Å². The molecule has 0 aromatic carbocycles. The Morgan fingerprint density at radius 3 is 2.86 bits per heavy atom. The van der Waals surface area contributed by atoms with Crippen molar-refractivity contribution in [1.29, 1.82) is 0 Å². The summed E-state index contributed by atoms with van der Waals surface area (Å²) in [4.78, 5) is 10.9. The molecule has 4 heteroatoms. The summed E-state index contributed by atoms with van der Waals surface area (Å²) >= 11 is 1.82. The molecule has 1 N–H and O–H groups in total.